The van der Waals surface area contributed by atoms with Crippen molar-refractivity contribution in [3.8, 4) is 5.75 Å². The Kier molecular flexibility index (Phi) is 4.95. The van der Waals surface area contributed by atoms with Crippen molar-refractivity contribution in [2.24, 2.45) is 0 Å². The molecule has 6 heteroatoms. The lowest BCUT2D eigenvalue weighted by molar-refractivity contribution is -0.384. The Balaban J connectivity index is 2.21. The van der Waals surface area contributed by atoms with Crippen molar-refractivity contribution in [1.29, 1.82) is 0 Å². The number of non-ortho nitro benzene ring substituents is 1. The van der Waals surface area contributed by atoms with Gasteiger partial charge in [-0.15, -0.1) is 0 Å². The van der Waals surface area contributed by atoms with Crippen molar-refractivity contribution >= 4 is 17.3 Å². The lowest BCUT2D eigenvalue weighted by atomic mass is 10.1. The van der Waals surface area contributed by atoms with Crippen LogP contribution in [0, 0.1) is 24.0 Å². The topological polar surface area (TPSA) is 81.5 Å². The monoisotopic (exact) mass is 314 g/mol. The second-order valence-electron chi connectivity index (χ2n) is 5.12. The summed E-state index contributed by atoms with van der Waals surface area (Å²) >= 11 is 0. The predicted molar refractivity (Wildman–Crippen MR) is 88.1 cm³/mol. The fraction of sp³-hybridized carbons (Fsp3) is 0.235. The van der Waals surface area contributed by atoms with Crippen molar-refractivity contribution in [1.82, 2.24) is 0 Å². The summed E-state index contributed by atoms with van der Waals surface area (Å²) < 4.78 is 5.34. The fourth-order valence-electron chi connectivity index (χ4n) is 2.30. The molecule has 0 heterocycles. The molecule has 1 amide bonds. The number of anilines is 1. The van der Waals surface area contributed by atoms with Gasteiger partial charge in [0, 0.05) is 23.4 Å². The molecule has 0 unspecified atom stereocenters. The van der Waals surface area contributed by atoms with Gasteiger partial charge in [0.1, 0.15) is 5.75 Å². The summed E-state index contributed by atoms with van der Waals surface area (Å²) in [5.74, 6) is 0.430. The molecule has 0 fully saturated rings. The van der Waals surface area contributed by atoms with Crippen molar-refractivity contribution in [2.45, 2.75) is 20.8 Å². The van der Waals surface area contributed by atoms with Crippen LogP contribution in [-0.2, 0) is 0 Å². The molecule has 2 aromatic carbocycles. The number of carbonyl (C=O) groups excluding carboxylic acids is 1. The van der Waals surface area contributed by atoms with Gasteiger partial charge >= 0.3 is 0 Å². The van der Waals surface area contributed by atoms with Gasteiger partial charge in [-0.2, -0.15) is 0 Å². The first-order valence-electron chi connectivity index (χ1n) is 7.22. The number of nitro groups is 1. The average molecular weight is 314 g/mol. The van der Waals surface area contributed by atoms with Gasteiger partial charge in [0.05, 0.1) is 11.5 Å². The number of rotatable bonds is 5. The van der Waals surface area contributed by atoms with Crippen molar-refractivity contribution in [3.05, 3.63) is 63.2 Å². The van der Waals surface area contributed by atoms with Gasteiger partial charge in [0.25, 0.3) is 11.6 Å². The second kappa shape index (κ2) is 6.91. The highest BCUT2D eigenvalue weighted by atomic mass is 16.6. The van der Waals surface area contributed by atoms with E-state index in [1.807, 2.05) is 6.92 Å². The molecule has 0 saturated heterocycles. The molecular formula is C17H18N2O4. The Labute approximate surface area is 134 Å². The van der Waals surface area contributed by atoms with E-state index in [0.29, 0.717) is 34.7 Å². The average Bonchev–Trinajstić information content (AvgIpc) is 2.51. The summed E-state index contributed by atoms with van der Waals surface area (Å²) in [6.45, 7) is 5.91. The Morgan fingerprint density at radius 3 is 2.22 bits per heavy atom. The molecule has 0 aromatic heterocycles. The van der Waals surface area contributed by atoms with Crippen LogP contribution in [0.25, 0.3) is 0 Å². The van der Waals surface area contributed by atoms with Crippen molar-refractivity contribution < 1.29 is 14.5 Å². The molecule has 0 aliphatic rings. The van der Waals surface area contributed by atoms with Crippen LogP contribution >= 0.6 is 0 Å². The molecule has 2 aromatic rings. The predicted octanol–water partition coefficient (Wildman–Crippen LogP) is 3.86. The minimum Gasteiger partial charge on any atom is -0.494 e. The van der Waals surface area contributed by atoms with Crippen LogP contribution in [0.1, 0.15) is 28.4 Å². The Bertz CT molecular complexity index is 716. The van der Waals surface area contributed by atoms with Crippen LogP contribution in [0.5, 0.6) is 5.75 Å². The number of hydrogen-bond acceptors (Lipinski definition) is 4. The summed E-state index contributed by atoms with van der Waals surface area (Å²) in [5.41, 5.74) is 2.39. The standard InChI is InChI=1S/C17H18N2O4/c1-4-23-15-7-5-13(6-8-15)17(20)18-16-11(2)9-14(19(21)22)10-12(16)3/h5-10H,4H2,1-3H3,(H,18,20). The van der Waals surface area contributed by atoms with Gasteiger partial charge in [-0.3, -0.25) is 14.9 Å². The van der Waals surface area contributed by atoms with Gasteiger partial charge in [-0.1, -0.05) is 0 Å². The van der Waals surface area contributed by atoms with E-state index in [9.17, 15) is 14.9 Å². The molecule has 6 nitrogen and oxygen atoms in total. The zero-order valence-electron chi connectivity index (χ0n) is 13.3. The Morgan fingerprint density at radius 1 is 1.17 bits per heavy atom. The van der Waals surface area contributed by atoms with Crippen LogP contribution < -0.4 is 10.1 Å². The molecule has 0 bridgehead atoms. The lowest BCUT2D eigenvalue weighted by Crippen LogP contribution is -2.14. The number of carbonyl (C=O) groups is 1. The third-order valence-electron chi connectivity index (χ3n) is 3.39. The van der Waals surface area contributed by atoms with E-state index in [2.05, 4.69) is 5.32 Å². The number of amides is 1. The van der Waals surface area contributed by atoms with Crippen LogP contribution in [0.15, 0.2) is 36.4 Å². The molecule has 23 heavy (non-hydrogen) atoms. The molecule has 2 rings (SSSR count). The smallest absolute Gasteiger partial charge is 0.270 e. The molecule has 0 atom stereocenters. The number of nitrogens with one attached hydrogen (secondary N) is 1. The molecule has 120 valence electrons. The first kappa shape index (κ1) is 16.5. The van der Waals surface area contributed by atoms with E-state index >= 15 is 0 Å². The van der Waals surface area contributed by atoms with Gasteiger partial charge in [-0.25, -0.2) is 0 Å². The molecule has 0 aliphatic heterocycles. The van der Waals surface area contributed by atoms with Gasteiger partial charge in [0.15, 0.2) is 0 Å². The van der Waals surface area contributed by atoms with Crippen LogP contribution in [-0.4, -0.2) is 17.4 Å². The maximum Gasteiger partial charge on any atom is 0.270 e. The minimum atomic E-state index is -0.446. The second-order valence-corrected chi connectivity index (χ2v) is 5.12. The van der Waals surface area contributed by atoms with E-state index in [0.717, 1.165) is 0 Å². The molecule has 0 radical (unpaired) electrons. The van der Waals surface area contributed by atoms with E-state index < -0.39 is 4.92 Å². The fourth-order valence-corrected chi connectivity index (χ4v) is 2.30. The maximum atomic E-state index is 12.3. The third kappa shape index (κ3) is 3.85. The van der Waals surface area contributed by atoms with Crippen molar-refractivity contribution in [2.75, 3.05) is 11.9 Å². The molecule has 0 saturated carbocycles. The third-order valence-corrected chi connectivity index (χ3v) is 3.39. The van der Waals surface area contributed by atoms with Gasteiger partial charge in [-0.05, 0) is 56.2 Å². The van der Waals surface area contributed by atoms with E-state index in [1.165, 1.54) is 12.1 Å². The largest absolute Gasteiger partial charge is 0.494 e. The molecule has 1 N–H and O–H groups in total. The van der Waals surface area contributed by atoms with Crippen LogP contribution in [0.2, 0.25) is 0 Å². The van der Waals surface area contributed by atoms with E-state index in [4.69, 9.17) is 4.74 Å². The summed E-state index contributed by atoms with van der Waals surface area (Å²) in [7, 11) is 0. The van der Waals surface area contributed by atoms with Gasteiger partial charge in [0.2, 0.25) is 0 Å². The normalized spacial score (nSPS) is 10.2. The number of aryl methyl sites for hydroxylation is 2. The zero-order valence-corrected chi connectivity index (χ0v) is 13.3. The molecule has 0 aliphatic carbocycles. The highest BCUT2D eigenvalue weighted by Gasteiger charge is 2.14. The van der Waals surface area contributed by atoms with Crippen LogP contribution in [0.4, 0.5) is 11.4 Å². The molecule has 0 spiro atoms. The van der Waals surface area contributed by atoms with Gasteiger partial charge < -0.3 is 10.1 Å². The minimum absolute atomic E-state index is 0.0130. The highest BCUT2D eigenvalue weighted by Crippen LogP contribution is 2.26. The Hall–Kier alpha value is -2.89. The van der Waals surface area contributed by atoms with E-state index in [1.54, 1.807) is 38.1 Å². The zero-order chi connectivity index (χ0) is 17.0. The number of ether oxygens (including phenoxy) is 1. The first-order chi connectivity index (χ1) is 10.9. The maximum absolute atomic E-state index is 12.3. The number of hydrogen-bond donors (Lipinski definition) is 1. The number of benzene rings is 2. The summed E-state index contributed by atoms with van der Waals surface area (Å²) in [4.78, 5) is 22.7. The summed E-state index contributed by atoms with van der Waals surface area (Å²) in [5, 5.41) is 13.7. The molecular weight excluding hydrogens is 296 g/mol. The number of nitrogens with zero attached hydrogens (tertiary/aromatic N) is 1. The lowest BCUT2D eigenvalue weighted by Gasteiger charge is -2.12. The van der Waals surface area contributed by atoms with Crippen LogP contribution in [0.3, 0.4) is 0 Å². The first-order valence-corrected chi connectivity index (χ1v) is 7.22. The summed E-state index contributed by atoms with van der Waals surface area (Å²) in [6, 6.07) is 9.70. The van der Waals surface area contributed by atoms with E-state index in [-0.39, 0.29) is 11.6 Å². The number of nitro benzene ring substituents is 1. The quantitative estimate of drug-likeness (QED) is 0.671. The van der Waals surface area contributed by atoms with Crippen molar-refractivity contribution in [3.63, 3.8) is 0 Å². The SMILES string of the molecule is CCOc1ccc(C(=O)Nc2c(C)cc([N+](=O)[O-])cc2C)cc1. The summed E-state index contributed by atoms with van der Waals surface area (Å²) in [6.07, 6.45) is 0. The highest BCUT2D eigenvalue weighted by molar-refractivity contribution is 6.05. The Morgan fingerprint density at radius 2 is 1.74 bits per heavy atom.